The second-order valence-corrected chi connectivity index (χ2v) is 3.76. The second-order valence-electron chi connectivity index (χ2n) is 3.32. The van der Waals surface area contributed by atoms with Gasteiger partial charge in [-0.25, -0.2) is 4.39 Å². The first-order valence-electron chi connectivity index (χ1n) is 5.10. The number of nitrogens with one attached hydrogen (secondary N) is 1. The first-order chi connectivity index (χ1) is 8.04. The van der Waals surface area contributed by atoms with E-state index in [-0.39, 0.29) is 10.9 Å². The van der Waals surface area contributed by atoms with Gasteiger partial charge in [-0.3, -0.25) is 4.79 Å². The molecule has 5 heteroatoms. The number of amides is 1. The largest absolute Gasteiger partial charge is 0.389 e. The zero-order valence-electron chi connectivity index (χ0n) is 9.37. The Labute approximate surface area is 105 Å². The summed E-state index contributed by atoms with van der Waals surface area (Å²) in [5.41, 5.74) is 6.51. The van der Waals surface area contributed by atoms with Gasteiger partial charge in [-0.05, 0) is 30.7 Å². The number of benzene rings is 1. The van der Waals surface area contributed by atoms with Crippen LogP contribution in [0.5, 0.6) is 0 Å². The van der Waals surface area contributed by atoms with Crippen LogP contribution in [0.4, 0.5) is 4.39 Å². The first-order valence-corrected chi connectivity index (χ1v) is 5.50. The number of halogens is 1. The first kappa shape index (κ1) is 13.3. The lowest BCUT2D eigenvalue weighted by molar-refractivity contribution is -0.116. The van der Waals surface area contributed by atoms with Crippen LogP contribution < -0.4 is 11.1 Å². The normalized spacial score (nSPS) is 10.5. The van der Waals surface area contributed by atoms with Crippen molar-refractivity contribution in [2.45, 2.75) is 6.92 Å². The monoisotopic (exact) mass is 252 g/mol. The minimum atomic E-state index is -0.414. The van der Waals surface area contributed by atoms with Crippen LogP contribution in [0.2, 0.25) is 0 Å². The van der Waals surface area contributed by atoms with E-state index in [0.29, 0.717) is 17.7 Å². The molecule has 0 aliphatic rings. The van der Waals surface area contributed by atoms with Crippen molar-refractivity contribution in [1.82, 2.24) is 5.32 Å². The Balaban J connectivity index is 2.98. The van der Waals surface area contributed by atoms with Crippen LogP contribution in [-0.4, -0.2) is 17.4 Å². The molecule has 0 saturated heterocycles. The molecule has 0 spiro atoms. The van der Waals surface area contributed by atoms with Crippen molar-refractivity contribution in [3.05, 3.63) is 41.2 Å². The summed E-state index contributed by atoms with van der Waals surface area (Å²) in [7, 11) is 0. The summed E-state index contributed by atoms with van der Waals surface area (Å²) in [4.78, 5) is 11.3. The molecule has 3 nitrogen and oxygen atoms in total. The molecular weight excluding hydrogens is 239 g/mol. The van der Waals surface area contributed by atoms with Crippen LogP contribution in [-0.2, 0) is 4.79 Å². The van der Waals surface area contributed by atoms with Crippen molar-refractivity contribution < 1.29 is 9.18 Å². The summed E-state index contributed by atoms with van der Waals surface area (Å²) in [5.74, 6) is -0.631. The number of likely N-dealkylation sites (N-methyl/N-ethyl adjacent to an activating group) is 1. The molecule has 0 aliphatic carbocycles. The Bertz CT molecular complexity index is 472. The van der Waals surface area contributed by atoms with Gasteiger partial charge in [-0.15, -0.1) is 0 Å². The number of carbonyl (C=O) groups is 1. The number of thiocarbonyl (C=S) groups is 1. The molecule has 0 radical (unpaired) electrons. The highest BCUT2D eigenvalue weighted by Crippen LogP contribution is 2.13. The van der Waals surface area contributed by atoms with Crippen molar-refractivity contribution in [2.75, 3.05) is 6.54 Å². The maximum Gasteiger partial charge on any atom is 0.243 e. The Morgan fingerprint density at radius 3 is 2.88 bits per heavy atom. The SMILES string of the molecule is CCNC(=O)C=Cc1ccc(F)cc1C(N)=S. The highest BCUT2D eigenvalue weighted by atomic mass is 32.1. The molecule has 1 aromatic carbocycles. The summed E-state index contributed by atoms with van der Waals surface area (Å²) in [5, 5.41) is 2.61. The highest BCUT2D eigenvalue weighted by Gasteiger charge is 2.04. The molecule has 90 valence electrons. The van der Waals surface area contributed by atoms with Gasteiger partial charge < -0.3 is 11.1 Å². The lowest BCUT2D eigenvalue weighted by Crippen LogP contribution is -2.19. The fourth-order valence-corrected chi connectivity index (χ4v) is 1.46. The van der Waals surface area contributed by atoms with E-state index >= 15 is 0 Å². The van der Waals surface area contributed by atoms with E-state index in [4.69, 9.17) is 18.0 Å². The Morgan fingerprint density at radius 2 is 2.29 bits per heavy atom. The quantitative estimate of drug-likeness (QED) is 0.632. The van der Waals surface area contributed by atoms with Crippen molar-refractivity contribution >= 4 is 29.2 Å². The summed E-state index contributed by atoms with van der Waals surface area (Å²) < 4.78 is 13.0. The maximum absolute atomic E-state index is 13.0. The lowest BCUT2D eigenvalue weighted by atomic mass is 10.1. The molecule has 0 fully saturated rings. The Hall–Kier alpha value is -1.75. The standard InChI is InChI=1S/C12H13FN2OS/c1-2-15-11(16)6-4-8-3-5-9(13)7-10(8)12(14)17/h3-7H,2H2,1H3,(H2,14,17)(H,15,16). The smallest absolute Gasteiger partial charge is 0.243 e. The summed E-state index contributed by atoms with van der Waals surface area (Å²) >= 11 is 4.82. The molecule has 17 heavy (non-hydrogen) atoms. The van der Waals surface area contributed by atoms with E-state index < -0.39 is 5.82 Å². The van der Waals surface area contributed by atoms with E-state index in [9.17, 15) is 9.18 Å². The zero-order valence-corrected chi connectivity index (χ0v) is 10.2. The number of hydrogen-bond donors (Lipinski definition) is 2. The van der Waals surface area contributed by atoms with Gasteiger partial charge in [0, 0.05) is 18.2 Å². The molecule has 1 amide bonds. The number of nitrogens with two attached hydrogens (primary N) is 1. The molecule has 0 saturated carbocycles. The summed E-state index contributed by atoms with van der Waals surface area (Å²) in [6, 6.07) is 4.07. The van der Waals surface area contributed by atoms with Crippen molar-refractivity contribution in [3.8, 4) is 0 Å². The summed E-state index contributed by atoms with van der Waals surface area (Å²) in [6.45, 7) is 2.37. The van der Waals surface area contributed by atoms with E-state index in [1.807, 2.05) is 6.92 Å². The van der Waals surface area contributed by atoms with Crippen LogP contribution >= 0.6 is 12.2 Å². The topological polar surface area (TPSA) is 55.1 Å². The highest BCUT2D eigenvalue weighted by molar-refractivity contribution is 7.80. The maximum atomic E-state index is 13.0. The summed E-state index contributed by atoms with van der Waals surface area (Å²) in [6.07, 6.45) is 2.91. The molecule has 1 aromatic rings. The molecule has 0 aromatic heterocycles. The van der Waals surface area contributed by atoms with E-state index in [1.165, 1.54) is 24.3 Å². The third-order valence-corrected chi connectivity index (χ3v) is 2.27. The average molecular weight is 252 g/mol. The van der Waals surface area contributed by atoms with Gasteiger partial charge in [0.05, 0.1) is 0 Å². The van der Waals surface area contributed by atoms with Crippen LogP contribution in [0.25, 0.3) is 6.08 Å². The van der Waals surface area contributed by atoms with Gasteiger partial charge in [-0.1, -0.05) is 18.3 Å². The van der Waals surface area contributed by atoms with Crippen LogP contribution in [0.15, 0.2) is 24.3 Å². The predicted molar refractivity (Wildman–Crippen MR) is 70.0 cm³/mol. The van der Waals surface area contributed by atoms with Crippen molar-refractivity contribution in [1.29, 1.82) is 0 Å². The number of carbonyl (C=O) groups excluding carboxylic acids is 1. The third-order valence-electron chi connectivity index (χ3n) is 2.05. The lowest BCUT2D eigenvalue weighted by Gasteiger charge is -2.04. The zero-order chi connectivity index (χ0) is 12.8. The van der Waals surface area contributed by atoms with Crippen LogP contribution in [0.3, 0.4) is 0 Å². The number of rotatable bonds is 4. The van der Waals surface area contributed by atoms with Gasteiger partial charge >= 0.3 is 0 Å². The average Bonchev–Trinajstić information content (AvgIpc) is 2.27. The minimum Gasteiger partial charge on any atom is -0.389 e. The van der Waals surface area contributed by atoms with Crippen LogP contribution in [0.1, 0.15) is 18.1 Å². The minimum absolute atomic E-state index is 0.0973. The van der Waals surface area contributed by atoms with Crippen molar-refractivity contribution in [2.24, 2.45) is 5.73 Å². The molecule has 0 aliphatic heterocycles. The molecule has 0 heterocycles. The molecule has 0 unspecified atom stereocenters. The van der Waals surface area contributed by atoms with Crippen LogP contribution in [0, 0.1) is 5.82 Å². The molecule has 3 N–H and O–H groups in total. The fourth-order valence-electron chi connectivity index (χ4n) is 1.29. The van der Waals surface area contributed by atoms with E-state index in [1.54, 1.807) is 6.08 Å². The molecular formula is C12H13FN2OS. The van der Waals surface area contributed by atoms with Gasteiger partial charge in [0.2, 0.25) is 5.91 Å². The van der Waals surface area contributed by atoms with E-state index in [0.717, 1.165) is 0 Å². The van der Waals surface area contributed by atoms with Crippen molar-refractivity contribution in [3.63, 3.8) is 0 Å². The van der Waals surface area contributed by atoms with E-state index in [2.05, 4.69) is 5.32 Å². The molecule has 0 atom stereocenters. The predicted octanol–water partition coefficient (Wildman–Crippen LogP) is 1.61. The Morgan fingerprint density at radius 1 is 1.59 bits per heavy atom. The fraction of sp³-hybridized carbons (Fsp3) is 0.167. The van der Waals surface area contributed by atoms with Gasteiger partial charge in [-0.2, -0.15) is 0 Å². The Kier molecular flexibility index (Phi) is 4.78. The molecule has 0 bridgehead atoms. The van der Waals surface area contributed by atoms with Gasteiger partial charge in [0.25, 0.3) is 0 Å². The van der Waals surface area contributed by atoms with Gasteiger partial charge in [0.15, 0.2) is 0 Å². The third kappa shape index (κ3) is 3.96. The second kappa shape index (κ2) is 6.10. The van der Waals surface area contributed by atoms with Gasteiger partial charge in [0.1, 0.15) is 10.8 Å². The molecule has 1 rings (SSSR count). The number of hydrogen-bond acceptors (Lipinski definition) is 2.